The van der Waals surface area contributed by atoms with Gasteiger partial charge in [-0.3, -0.25) is 9.11 Å². The molecule has 0 spiro atoms. The molecule has 0 bridgehead atoms. The van der Waals surface area contributed by atoms with Crippen LogP contribution in [-0.4, -0.2) is 25.9 Å². The molecule has 1 aromatic carbocycles. The Morgan fingerprint density at radius 2 is 0.788 bits per heavy atom. The lowest BCUT2D eigenvalue weighted by Crippen LogP contribution is -2.24. The molecule has 0 heterocycles. The van der Waals surface area contributed by atoms with Gasteiger partial charge < -0.3 is 0 Å². The third kappa shape index (κ3) is 5.19. The fraction of sp³-hybridized carbons (Fsp3) is 0.760. The molecule has 3 fully saturated rings. The summed E-state index contributed by atoms with van der Waals surface area (Å²) < 4.78 is 72.9. The summed E-state index contributed by atoms with van der Waals surface area (Å²) in [5.41, 5.74) is 2.11. The van der Waals surface area contributed by atoms with Gasteiger partial charge in [-0.25, -0.2) is 0 Å². The van der Waals surface area contributed by atoms with Gasteiger partial charge >= 0.3 is 0 Å². The van der Waals surface area contributed by atoms with Crippen molar-refractivity contribution < 1.29 is 25.9 Å². The van der Waals surface area contributed by atoms with Gasteiger partial charge in [-0.05, 0) is 85.5 Å². The Kier molecular flexibility index (Phi) is 7.59. The van der Waals surface area contributed by atoms with Crippen molar-refractivity contribution in [2.75, 3.05) is 0 Å². The van der Waals surface area contributed by atoms with Crippen LogP contribution in [0.3, 0.4) is 0 Å². The van der Waals surface area contributed by atoms with Crippen molar-refractivity contribution >= 4 is 20.2 Å². The molecule has 186 valence electrons. The van der Waals surface area contributed by atoms with Crippen molar-refractivity contribution in [3.63, 3.8) is 0 Å². The Bertz CT molecular complexity index is 997. The van der Waals surface area contributed by atoms with E-state index in [0.717, 1.165) is 83.5 Å². The van der Waals surface area contributed by atoms with Gasteiger partial charge in [0.15, 0.2) is 0 Å². The lowest BCUT2D eigenvalue weighted by atomic mass is 9.73. The van der Waals surface area contributed by atoms with Crippen LogP contribution >= 0.6 is 0 Å². The Morgan fingerprint density at radius 1 is 0.515 bits per heavy atom. The van der Waals surface area contributed by atoms with Crippen LogP contribution in [0.25, 0.3) is 0 Å². The highest BCUT2D eigenvalue weighted by atomic mass is 32.2. The smallest absolute Gasteiger partial charge is 0.282 e. The molecule has 33 heavy (non-hydrogen) atoms. The van der Waals surface area contributed by atoms with Gasteiger partial charge in [0, 0.05) is 0 Å². The maximum Gasteiger partial charge on any atom is 0.295 e. The van der Waals surface area contributed by atoms with Crippen LogP contribution < -0.4 is 0 Å². The third-order valence-corrected chi connectivity index (χ3v) is 10.3. The van der Waals surface area contributed by atoms with E-state index in [-0.39, 0.29) is 33.1 Å². The lowest BCUT2D eigenvalue weighted by molar-refractivity contribution is 0.400. The number of hydrogen-bond donors (Lipinski definition) is 2. The second-order valence-electron chi connectivity index (χ2n) is 10.5. The molecule has 6 nitrogen and oxygen atoms in total. The first-order valence-corrected chi connectivity index (χ1v) is 15.6. The van der Waals surface area contributed by atoms with E-state index in [4.69, 9.17) is 0 Å². The number of rotatable bonds is 5. The predicted molar refractivity (Wildman–Crippen MR) is 128 cm³/mol. The molecule has 0 unspecified atom stereocenters. The summed E-state index contributed by atoms with van der Waals surface area (Å²) >= 11 is 0. The van der Waals surface area contributed by atoms with Crippen molar-refractivity contribution in [3.8, 4) is 0 Å². The Labute approximate surface area is 199 Å². The molecule has 0 radical (unpaired) electrons. The van der Waals surface area contributed by atoms with Crippen LogP contribution in [0.1, 0.15) is 136 Å². The molecule has 3 aliphatic rings. The van der Waals surface area contributed by atoms with E-state index in [0.29, 0.717) is 29.5 Å². The monoisotopic (exact) mass is 498 g/mol. The summed E-state index contributed by atoms with van der Waals surface area (Å²) in [4.78, 5) is -0.406. The van der Waals surface area contributed by atoms with Gasteiger partial charge in [-0.2, -0.15) is 16.8 Å². The van der Waals surface area contributed by atoms with Crippen LogP contribution in [0.5, 0.6) is 0 Å². The zero-order valence-electron chi connectivity index (χ0n) is 19.7. The minimum absolute atomic E-state index is 0.0178. The van der Waals surface area contributed by atoms with E-state index in [1.807, 2.05) is 6.92 Å². The van der Waals surface area contributed by atoms with Crippen LogP contribution in [0.15, 0.2) is 9.79 Å². The molecule has 0 saturated heterocycles. The fourth-order valence-corrected chi connectivity index (χ4v) is 9.32. The van der Waals surface area contributed by atoms with E-state index >= 15 is 0 Å². The summed E-state index contributed by atoms with van der Waals surface area (Å²) in [6.45, 7) is 1.82. The molecule has 4 rings (SSSR count). The van der Waals surface area contributed by atoms with Crippen molar-refractivity contribution in [1.82, 2.24) is 0 Å². The molecule has 1 aromatic rings. The second-order valence-corrected chi connectivity index (χ2v) is 13.2. The SMILES string of the molecule is Cc1c(C2CCCCC2)c(S(=O)(=O)O)c(C2CCCCC2)c(S(=O)(=O)O)c1C1CCCCC1. The van der Waals surface area contributed by atoms with Crippen LogP contribution in [0.4, 0.5) is 0 Å². The molecule has 3 saturated carbocycles. The van der Waals surface area contributed by atoms with Crippen LogP contribution in [-0.2, 0) is 20.2 Å². The quantitative estimate of drug-likeness (QED) is 0.441. The summed E-state index contributed by atoms with van der Waals surface area (Å²) in [7, 11) is -9.38. The first-order chi connectivity index (χ1) is 15.6. The predicted octanol–water partition coefficient (Wildman–Crippen LogP) is 6.63. The minimum Gasteiger partial charge on any atom is -0.282 e. The average molecular weight is 499 g/mol. The Hall–Kier alpha value is -0.960. The highest BCUT2D eigenvalue weighted by Gasteiger charge is 2.40. The standard InChI is InChI=1S/C25H38O6S2/c1-17-21(18-11-5-2-6-12-18)24(32(26,27)28)23(20-15-9-4-10-16-20)25(33(29,30)31)22(17)19-13-7-3-8-14-19/h18-20H,2-16H2,1H3,(H,26,27,28)(H,29,30,31). The van der Waals surface area contributed by atoms with Gasteiger partial charge in [0.25, 0.3) is 20.2 Å². The second kappa shape index (κ2) is 9.96. The summed E-state index contributed by atoms with van der Waals surface area (Å²) in [5, 5.41) is 0. The van der Waals surface area contributed by atoms with E-state index < -0.39 is 20.2 Å². The number of benzene rings is 1. The van der Waals surface area contributed by atoms with Crippen molar-refractivity contribution in [2.45, 2.75) is 131 Å². The molecule has 8 heteroatoms. The molecule has 0 amide bonds. The lowest BCUT2D eigenvalue weighted by Gasteiger charge is -2.35. The maximum absolute atomic E-state index is 13.0. The molecular formula is C25H38O6S2. The molecule has 0 aliphatic heterocycles. The average Bonchev–Trinajstić information content (AvgIpc) is 2.78. The maximum atomic E-state index is 13.0. The van der Waals surface area contributed by atoms with Crippen LogP contribution in [0, 0.1) is 6.92 Å². The van der Waals surface area contributed by atoms with Crippen molar-refractivity contribution in [2.24, 2.45) is 0 Å². The van der Waals surface area contributed by atoms with Gasteiger partial charge in [-0.1, -0.05) is 57.8 Å². The summed E-state index contributed by atoms with van der Waals surface area (Å²) in [5.74, 6) is -0.329. The summed E-state index contributed by atoms with van der Waals surface area (Å²) in [6.07, 6.45) is 13.6. The van der Waals surface area contributed by atoms with Gasteiger partial charge in [-0.15, -0.1) is 0 Å². The number of hydrogen-bond acceptors (Lipinski definition) is 4. The molecular weight excluding hydrogens is 460 g/mol. The first kappa shape index (κ1) is 25.1. The topological polar surface area (TPSA) is 109 Å². The van der Waals surface area contributed by atoms with E-state index in [2.05, 4.69) is 0 Å². The zero-order chi connectivity index (χ0) is 23.8. The fourth-order valence-electron chi connectivity index (χ4n) is 6.96. The Balaban J connectivity index is 2.12. The van der Waals surface area contributed by atoms with Crippen molar-refractivity contribution in [3.05, 3.63) is 22.3 Å². The molecule has 0 atom stereocenters. The minimum atomic E-state index is -4.69. The highest BCUT2D eigenvalue weighted by Crippen LogP contribution is 2.51. The largest absolute Gasteiger partial charge is 0.295 e. The zero-order valence-corrected chi connectivity index (χ0v) is 21.3. The summed E-state index contributed by atoms with van der Waals surface area (Å²) in [6, 6.07) is 0. The third-order valence-electron chi connectivity index (χ3n) is 8.34. The van der Waals surface area contributed by atoms with E-state index in [9.17, 15) is 25.9 Å². The Morgan fingerprint density at radius 3 is 1.06 bits per heavy atom. The van der Waals surface area contributed by atoms with Gasteiger partial charge in [0.2, 0.25) is 0 Å². The first-order valence-electron chi connectivity index (χ1n) is 12.8. The van der Waals surface area contributed by atoms with Crippen molar-refractivity contribution in [1.29, 1.82) is 0 Å². The molecule has 0 aromatic heterocycles. The highest BCUT2D eigenvalue weighted by molar-refractivity contribution is 7.86. The van der Waals surface area contributed by atoms with Crippen LogP contribution in [0.2, 0.25) is 0 Å². The van der Waals surface area contributed by atoms with Gasteiger partial charge in [0.05, 0.1) is 0 Å². The molecule has 2 N–H and O–H groups in total. The van der Waals surface area contributed by atoms with E-state index in [1.165, 1.54) is 0 Å². The normalized spacial score (nSPS) is 22.5. The molecule has 3 aliphatic carbocycles. The van der Waals surface area contributed by atoms with Gasteiger partial charge in [0.1, 0.15) is 9.79 Å². The van der Waals surface area contributed by atoms with E-state index in [1.54, 1.807) is 0 Å².